The van der Waals surface area contributed by atoms with E-state index in [1.54, 1.807) is 13.8 Å². The zero-order chi connectivity index (χ0) is 16.7. The Bertz CT molecular complexity index is 465. The number of quaternary nitrogens is 1. The maximum Gasteiger partial charge on any atom is 0.341 e. The molecule has 2 aliphatic rings. The summed E-state index contributed by atoms with van der Waals surface area (Å²) in [5.74, 6) is -1.28. The lowest BCUT2D eigenvalue weighted by Crippen LogP contribution is -2.54. The third kappa shape index (κ3) is 2.69. The van der Waals surface area contributed by atoms with Gasteiger partial charge in [-0.05, 0) is 18.9 Å². The number of esters is 1. The number of likely N-dealkylation sites (N-methyl/N-ethyl adjacent to an activating group) is 1. The maximum absolute atomic E-state index is 12.2. The second-order valence-electron chi connectivity index (χ2n) is 7.20. The Morgan fingerprint density at radius 3 is 2.68 bits per heavy atom. The molecule has 3 N–H and O–H groups in total. The van der Waals surface area contributed by atoms with Crippen LogP contribution in [0.3, 0.4) is 0 Å². The smallest absolute Gasteiger partial charge is 0.341 e. The molecule has 1 saturated heterocycles. The first-order valence-corrected chi connectivity index (χ1v) is 7.91. The first-order valence-electron chi connectivity index (χ1n) is 7.91. The fraction of sp³-hybridized carbons (Fsp3) is 0.812. The van der Waals surface area contributed by atoms with E-state index in [4.69, 9.17) is 4.74 Å². The van der Waals surface area contributed by atoms with Crippen LogP contribution in [0.1, 0.15) is 27.2 Å². The predicted octanol–water partition coefficient (Wildman–Crippen LogP) is -0.183. The average molecular weight is 314 g/mol. The second-order valence-corrected chi connectivity index (χ2v) is 7.20. The van der Waals surface area contributed by atoms with Crippen molar-refractivity contribution in [3.8, 4) is 0 Å². The Morgan fingerprint density at radius 1 is 1.50 bits per heavy atom. The summed E-state index contributed by atoms with van der Waals surface area (Å²) in [4.78, 5) is 12.2. The van der Waals surface area contributed by atoms with E-state index in [0.717, 1.165) is 29.6 Å². The van der Waals surface area contributed by atoms with E-state index in [1.807, 2.05) is 6.08 Å². The molecule has 6 heteroatoms. The fourth-order valence-electron chi connectivity index (χ4n) is 3.74. The monoisotopic (exact) mass is 314 g/mol. The molecular weight excluding hydrogens is 286 g/mol. The van der Waals surface area contributed by atoms with Crippen LogP contribution >= 0.6 is 0 Å². The van der Waals surface area contributed by atoms with Gasteiger partial charge in [0.25, 0.3) is 0 Å². The molecule has 2 rings (SSSR count). The zero-order valence-corrected chi connectivity index (χ0v) is 13.8. The lowest BCUT2D eigenvalue weighted by molar-refractivity contribution is -0.906. The standard InChI is InChI=1S/C16H28NO5/c1-10(2)16(21,11(3)18)15(20)22-9-12-5-7-17(4)8-6-13(19)14(12)17/h5,10-11,13-14,18-19,21H,6-9H2,1-4H3/q+1/t11-,13+,14-,16+,17?/m0/s1. The molecular formula is C16H28NO5+. The first-order chi connectivity index (χ1) is 10.1. The van der Waals surface area contributed by atoms with Crippen LogP contribution in [0.15, 0.2) is 11.6 Å². The predicted molar refractivity (Wildman–Crippen MR) is 80.8 cm³/mol. The highest BCUT2D eigenvalue weighted by Crippen LogP contribution is 2.35. The van der Waals surface area contributed by atoms with Crippen molar-refractivity contribution in [2.24, 2.45) is 5.92 Å². The van der Waals surface area contributed by atoms with Crippen LogP contribution < -0.4 is 0 Å². The number of hydrogen-bond donors (Lipinski definition) is 3. The lowest BCUT2D eigenvalue weighted by atomic mass is 9.85. The quantitative estimate of drug-likeness (QED) is 0.372. The van der Waals surface area contributed by atoms with Gasteiger partial charge in [0.05, 0.1) is 26.2 Å². The summed E-state index contributed by atoms with van der Waals surface area (Å²) in [5, 5.41) is 30.3. The molecule has 126 valence electrons. The van der Waals surface area contributed by atoms with Gasteiger partial charge in [0, 0.05) is 12.0 Å². The van der Waals surface area contributed by atoms with Crippen LogP contribution in [0.4, 0.5) is 0 Å². The molecule has 5 atom stereocenters. The topological polar surface area (TPSA) is 87.0 Å². The third-order valence-corrected chi connectivity index (χ3v) is 5.34. The summed E-state index contributed by atoms with van der Waals surface area (Å²) in [6.07, 6.45) is 1.13. The Balaban J connectivity index is 2.03. The molecule has 0 aliphatic carbocycles. The fourth-order valence-corrected chi connectivity index (χ4v) is 3.74. The zero-order valence-electron chi connectivity index (χ0n) is 13.8. The van der Waals surface area contributed by atoms with Crippen LogP contribution in [0.25, 0.3) is 0 Å². The van der Waals surface area contributed by atoms with Gasteiger partial charge in [0.2, 0.25) is 0 Å². The second kappa shape index (κ2) is 5.92. The molecule has 0 aromatic rings. The van der Waals surface area contributed by atoms with E-state index < -0.39 is 29.7 Å². The van der Waals surface area contributed by atoms with Gasteiger partial charge in [0.1, 0.15) is 18.8 Å². The Hall–Kier alpha value is -0.950. The highest BCUT2D eigenvalue weighted by molar-refractivity contribution is 5.80. The number of fused-ring (bicyclic) bond motifs is 1. The SMILES string of the molecule is CC(C)[C@](O)(C(=O)OCC1=CC[N+]2(C)CC[C@@H](O)[C@H]12)[C@H](C)O. The Labute approximate surface area is 131 Å². The van der Waals surface area contributed by atoms with Gasteiger partial charge in [-0.2, -0.15) is 0 Å². The molecule has 0 spiro atoms. The maximum atomic E-state index is 12.2. The van der Waals surface area contributed by atoms with Crippen molar-refractivity contribution >= 4 is 5.97 Å². The minimum absolute atomic E-state index is 0.0357. The molecule has 0 radical (unpaired) electrons. The molecule has 0 bridgehead atoms. The summed E-state index contributed by atoms with van der Waals surface area (Å²) in [6, 6.07) is -0.0357. The van der Waals surface area contributed by atoms with Crippen molar-refractivity contribution in [2.45, 2.75) is 51.0 Å². The van der Waals surface area contributed by atoms with Crippen LogP contribution in [-0.2, 0) is 9.53 Å². The van der Waals surface area contributed by atoms with Crippen LogP contribution in [-0.4, -0.2) is 76.4 Å². The van der Waals surface area contributed by atoms with Gasteiger partial charge in [-0.1, -0.05) is 13.8 Å². The highest BCUT2D eigenvalue weighted by atomic mass is 16.6. The first kappa shape index (κ1) is 17.4. The number of aliphatic hydroxyl groups excluding tert-OH is 2. The van der Waals surface area contributed by atoms with E-state index in [9.17, 15) is 20.1 Å². The van der Waals surface area contributed by atoms with E-state index in [1.165, 1.54) is 6.92 Å². The van der Waals surface area contributed by atoms with Gasteiger partial charge in [-0.15, -0.1) is 0 Å². The molecule has 6 nitrogen and oxygen atoms in total. The third-order valence-electron chi connectivity index (χ3n) is 5.34. The van der Waals surface area contributed by atoms with Crippen LogP contribution in [0.5, 0.6) is 0 Å². The molecule has 1 unspecified atom stereocenters. The summed E-state index contributed by atoms with van der Waals surface area (Å²) in [7, 11) is 2.09. The number of rotatable bonds is 5. The Morgan fingerprint density at radius 2 is 2.14 bits per heavy atom. The van der Waals surface area contributed by atoms with Gasteiger partial charge in [-0.3, -0.25) is 0 Å². The number of carbonyl (C=O) groups is 1. The largest absolute Gasteiger partial charge is 0.459 e. The minimum atomic E-state index is -1.91. The van der Waals surface area contributed by atoms with E-state index in [0.29, 0.717) is 0 Å². The van der Waals surface area contributed by atoms with Crippen molar-refractivity contribution < 1.29 is 29.3 Å². The van der Waals surface area contributed by atoms with Gasteiger partial charge in [-0.25, -0.2) is 4.79 Å². The molecule has 1 fully saturated rings. The molecule has 22 heavy (non-hydrogen) atoms. The Kier molecular flexibility index (Phi) is 4.69. The molecule has 0 aromatic carbocycles. The average Bonchev–Trinajstić information content (AvgIpc) is 2.92. The molecule has 0 aromatic heterocycles. The van der Waals surface area contributed by atoms with Crippen LogP contribution in [0, 0.1) is 5.92 Å². The van der Waals surface area contributed by atoms with Crippen molar-refractivity contribution in [3.05, 3.63) is 11.6 Å². The van der Waals surface area contributed by atoms with E-state index in [2.05, 4.69) is 7.05 Å². The normalized spacial score (nSPS) is 35.0. The van der Waals surface area contributed by atoms with Crippen LogP contribution in [0.2, 0.25) is 0 Å². The highest BCUT2D eigenvalue weighted by Gasteiger charge is 2.51. The van der Waals surface area contributed by atoms with Gasteiger partial charge < -0.3 is 24.5 Å². The van der Waals surface area contributed by atoms with Crippen molar-refractivity contribution in [2.75, 3.05) is 26.7 Å². The molecule has 0 saturated carbocycles. The van der Waals surface area contributed by atoms with E-state index in [-0.39, 0.29) is 12.6 Å². The molecule has 2 heterocycles. The van der Waals surface area contributed by atoms with Gasteiger partial charge in [0.15, 0.2) is 5.60 Å². The number of nitrogens with zero attached hydrogens (tertiary/aromatic N) is 1. The molecule has 0 amide bonds. The summed E-state index contributed by atoms with van der Waals surface area (Å²) < 4.78 is 6.03. The van der Waals surface area contributed by atoms with Crippen molar-refractivity contribution in [1.29, 1.82) is 0 Å². The summed E-state index contributed by atoms with van der Waals surface area (Å²) >= 11 is 0. The minimum Gasteiger partial charge on any atom is -0.459 e. The number of aliphatic hydroxyl groups is 3. The van der Waals surface area contributed by atoms with E-state index >= 15 is 0 Å². The molecule has 2 aliphatic heterocycles. The summed E-state index contributed by atoms with van der Waals surface area (Å²) in [6.45, 7) is 6.48. The summed E-state index contributed by atoms with van der Waals surface area (Å²) in [5.41, 5.74) is -1.01. The lowest BCUT2D eigenvalue weighted by Gasteiger charge is -2.33. The number of carbonyl (C=O) groups excluding carboxylic acids is 1. The number of ether oxygens (including phenoxy) is 1. The number of hydrogen-bond acceptors (Lipinski definition) is 5. The van der Waals surface area contributed by atoms with Crippen molar-refractivity contribution in [1.82, 2.24) is 0 Å². The van der Waals surface area contributed by atoms with Gasteiger partial charge >= 0.3 is 5.97 Å². The van der Waals surface area contributed by atoms with Crippen molar-refractivity contribution in [3.63, 3.8) is 0 Å².